The molecule has 0 aliphatic rings. The topological polar surface area (TPSA) is 76.2 Å². The first-order valence-corrected chi connectivity index (χ1v) is 9.08. The van der Waals surface area contributed by atoms with Crippen LogP contribution in [-0.2, 0) is 4.74 Å². The second-order valence-electron chi connectivity index (χ2n) is 5.82. The fraction of sp³-hybridized carbons (Fsp3) is 0.316. The van der Waals surface area contributed by atoms with Gasteiger partial charge in [0.05, 0.1) is 11.3 Å². The van der Waals surface area contributed by atoms with Crippen molar-refractivity contribution in [2.24, 2.45) is 0 Å². The van der Waals surface area contributed by atoms with Gasteiger partial charge in [0, 0.05) is 16.2 Å². The normalized spacial score (nSPS) is 11.9. The molecule has 0 bridgehead atoms. The van der Waals surface area contributed by atoms with E-state index in [0.29, 0.717) is 28.1 Å². The molecule has 1 aromatic carbocycles. The summed E-state index contributed by atoms with van der Waals surface area (Å²) >= 11 is 1.57. The Morgan fingerprint density at radius 1 is 1.12 bits per heavy atom. The number of esters is 1. The highest BCUT2D eigenvalue weighted by Crippen LogP contribution is 2.21. The van der Waals surface area contributed by atoms with Crippen LogP contribution in [0, 0.1) is 13.8 Å². The van der Waals surface area contributed by atoms with Crippen LogP contribution in [0.15, 0.2) is 29.2 Å². The lowest BCUT2D eigenvalue weighted by molar-refractivity contribution is 0.0317. The molecule has 6 heteroatoms. The molecule has 0 amide bonds. The van der Waals surface area contributed by atoms with E-state index in [1.54, 1.807) is 37.7 Å². The van der Waals surface area contributed by atoms with E-state index in [0.717, 1.165) is 4.90 Å². The largest absolute Gasteiger partial charge is 0.451 e. The fourth-order valence-electron chi connectivity index (χ4n) is 2.74. The molecule has 1 aromatic heterocycles. The van der Waals surface area contributed by atoms with Gasteiger partial charge in [-0.2, -0.15) is 0 Å². The summed E-state index contributed by atoms with van der Waals surface area (Å²) in [7, 11) is 0. The van der Waals surface area contributed by atoms with Gasteiger partial charge in [0.25, 0.3) is 0 Å². The number of carbonyl (C=O) groups is 3. The number of aryl methyl sites for hydroxylation is 1. The third-order valence-corrected chi connectivity index (χ3v) is 4.76. The Balaban J connectivity index is 2.16. The number of nitrogens with one attached hydrogen (secondary N) is 1. The number of aromatic nitrogens is 1. The van der Waals surface area contributed by atoms with E-state index >= 15 is 0 Å². The summed E-state index contributed by atoms with van der Waals surface area (Å²) in [6.45, 7) is 6.44. The predicted molar refractivity (Wildman–Crippen MR) is 97.7 cm³/mol. The summed E-state index contributed by atoms with van der Waals surface area (Å²) in [6.07, 6.45) is 0.994. The summed E-state index contributed by atoms with van der Waals surface area (Å²) in [5.41, 5.74) is 2.43. The summed E-state index contributed by atoms with van der Waals surface area (Å²) in [5, 5.41) is 0. The number of H-pyrrole nitrogens is 1. The molecule has 0 saturated carbocycles. The molecule has 1 heterocycles. The van der Waals surface area contributed by atoms with Gasteiger partial charge in [-0.1, -0.05) is 0 Å². The van der Waals surface area contributed by atoms with Crippen molar-refractivity contribution in [3.05, 3.63) is 52.3 Å². The standard InChI is InChI=1S/C19H21NO4S/c1-10-16(12(3)21)11(2)20-17(10)18(22)13(4)24-19(23)14-6-8-15(25-5)9-7-14/h6-9,13,20H,1-5H3/t13-/m1/s1. The highest BCUT2D eigenvalue weighted by atomic mass is 32.2. The average molecular weight is 359 g/mol. The first kappa shape index (κ1) is 19.0. The maximum Gasteiger partial charge on any atom is 0.338 e. The molecule has 0 fully saturated rings. The first-order valence-electron chi connectivity index (χ1n) is 7.85. The minimum atomic E-state index is -0.954. The maximum atomic E-state index is 12.6. The van der Waals surface area contributed by atoms with E-state index in [-0.39, 0.29) is 11.6 Å². The molecule has 5 nitrogen and oxygen atoms in total. The van der Waals surface area contributed by atoms with E-state index in [2.05, 4.69) is 4.98 Å². The fourth-order valence-corrected chi connectivity index (χ4v) is 3.15. The molecule has 2 aromatic rings. The molecule has 0 spiro atoms. The monoisotopic (exact) mass is 359 g/mol. The lowest BCUT2D eigenvalue weighted by Crippen LogP contribution is -2.25. The van der Waals surface area contributed by atoms with E-state index in [1.807, 2.05) is 18.4 Å². The number of ether oxygens (including phenoxy) is 1. The van der Waals surface area contributed by atoms with Gasteiger partial charge in [0.15, 0.2) is 11.9 Å². The lowest BCUT2D eigenvalue weighted by Gasteiger charge is -2.12. The second-order valence-corrected chi connectivity index (χ2v) is 6.70. The zero-order chi connectivity index (χ0) is 18.7. The van der Waals surface area contributed by atoms with Gasteiger partial charge in [-0.25, -0.2) is 4.79 Å². The van der Waals surface area contributed by atoms with Gasteiger partial charge >= 0.3 is 5.97 Å². The molecule has 0 saturated heterocycles. The number of aromatic amines is 1. The second kappa shape index (κ2) is 7.70. The Kier molecular flexibility index (Phi) is 5.85. The molecule has 0 aliphatic carbocycles. The van der Waals surface area contributed by atoms with Crippen LogP contribution in [0.25, 0.3) is 0 Å². The number of benzene rings is 1. The number of Topliss-reactive ketones (excluding diaryl/α,β-unsaturated/α-hetero) is 2. The Morgan fingerprint density at radius 2 is 1.72 bits per heavy atom. The van der Waals surface area contributed by atoms with Crippen molar-refractivity contribution in [3.8, 4) is 0 Å². The number of hydrogen-bond donors (Lipinski definition) is 1. The zero-order valence-corrected chi connectivity index (χ0v) is 15.7. The number of rotatable bonds is 6. The van der Waals surface area contributed by atoms with Gasteiger partial charge in [-0.05, 0) is 63.8 Å². The van der Waals surface area contributed by atoms with Crippen molar-refractivity contribution in [1.82, 2.24) is 4.98 Å². The Labute approximate surface area is 151 Å². The molecule has 0 radical (unpaired) electrons. The molecular weight excluding hydrogens is 338 g/mol. The van der Waals surface area contributed by atoms with Gasteiger partial charge in [-0.15, -0.1) is 11.8 Å². The van der Waals surface area contributed by atoms with Crippen molar-refractivity contribution in [1.29, 1.82) is 0 Å². The van der Waals surface area contributed by atoms with Crippen LogP contribution in [-0.4, -0.2) is 34.9 Å². The summed E-state index contributed by atoms with van der Waals surface area (Å²) in [4.78, 5) is 40.5. The van der Waals surface area contributed by atoms with Crippen LogP contribution in [0.5, 0.6) is 0 Å². The molecular formula is C19H21NO4S. The smallest absolute Gasteiger partial charge is 0.338 e. The van der Waals surface area contributed by atoms with Gasteiger partial charge < -0.3 is 9.72 Å². The van der Waals surface area contributed by atoms with Crippen LogP contribution in [0.1, 0.15) is 56.3 Å². The minimum Gasteiger partial charge on any atom is -0.451 e. The van der Waals surface area contributed by atoms with E-state index in [9.17, 15) is 14.4 Å². The van der Waals surface area contributed by atoms with E-state index < -0.39 is 12.1 Å². The first-order chi connectivity index (χ1) is 11.8. The number of thioether (sulfide) groups is 1. The lowest BCUT2D eigenvalue weighted by atomic mass is 10.0. The summed E-state index contributed by atoms with van der Waals surface area (Å²) in [5.74, 6) is -1.02. The Morgan fingerprint density at radius 3 is 2.20 bits per heavy atom. The van der Waals surface area contributed by atoms with Gasteiger partial charge in [-0.3, -0.25) is 9.59 Å². The van der Waals surface area contributed by atoms with Crippen molar-refractivity contribution in [3.63, 3.8) is 0 Å². The van der Waals surface area contributed by atoms with Crippen LogP contribution in [0.2, 0.25) is 0 Å². The number of hydrogen-bond acceptors (Lipinski definition) is 5. The highest BCUT2D eigenvalue weighted by Gasteiger charge is 2.26. The van der Waals surface area contributed by atoms with E-state index in [1.165, 1.54) is 13.8 Å². The van der Waals surface area contributed by atoms with Crippen LogP contribution < -0.4 is 0 Å². The third-order valence-electron chi connectivity index (χ3n) is 4.01. The minimum absolute atomic E-state index is 0.108. The quantitative estimate of drug-likeness (QED) is 0.479. The zero-order valence-electron chi connectivity index (χ0n) is 14.9. The van der Waals surface area contributed by atoms with Crippen molar-refractivity contribution in [2.45, 2.75) is 38.7 Å². The molecule has 1 N–H and O–H groups in total. The van der Waals surface area contributed by atoms with Gasteiger partial charge in [0.1, 0.15) is 0 Å². The molecule has 2 rings (SSSR count). The van der Waals surface area contributed by atoms with Crippen LogP contribution in [0.3, 0.4) is 0 Å². The summed E-state index contributed by atoms with van der Waals surface area (Å²) in [6, 6.07) is 6.99. The molecule has 0 aliphatic heterocycles. The Hall–Kier alpha value is -2.34. The molecule has 25 heavy (non-hydrogen) atoms. The average Bonchev–Trinajstić information content (AvgIpc) is 2.88. The van der Waals surface area contributed by atoms with Crippen molar-refractivity contribution >= 4 is 29.3 Å². The van der Waals surface area contributed by atoms with Crippen LogP contribution >= 0.6 is 11.8 Å². The SMILES string of the molecule is CSc1ccc(C(=O)O[C@H](C)C(=O)c2[nH]c(C)c(C(C)=O)c2C)cc1. The maximum absolute atomic E-state index is 12.6. The van der Waals surface area contributed by atoms with Gasteiger partial charge in [0.2, 0.25) is 5.78 Å². The third kappa shape index (κ3) is 4.02. The Bertz CT molecular complexity index is 821. The number of carbonyl (C=O) groups excluding carboxylic acids is 3. The molecule has 1 atom stereocenters. The molecule has 132 valence electrons. The number of ketones is 2. The van der Waals surface area contributed by atoms with E-state index in [4.69, 9.17) is 4.74 Å². The summed E-state index contributed by atoms with van der Waals surface area (Å²) < 4.78 is 5.29. The van der Waals surface area contributed by atoms with Crippen LogP contribution in [0.4, 0.5) is 0 Å². The van der Waals surface area contributed by atoms with Crippen molar-refractivity contribution in [2.75, 3.05) is 6.26 Å². The van der Waals surface area contributed by atoms with Crippen molar-refractivity contribution < 1.29 is 19.1 Å². The predicted octanol–water partition coefficient (Wildman–Crippen LogP) is 3.98. The highest BCUT2D eigenvalue weighted by molar-refractivity contribution is 7.98. The molecule has 0 unspecified atom stereocenters.